The van der Waals surface area contributed by atoms with E-state index in [2.05, 4.69) is 15.9 Å². The Labute approximate surface area is 250 Å². The minimum absolute atomic E-state index is 0.0547. The molecule has 4 aromatic rings. The summed E-state index contributed by atoms with van der Waals surface area (Å²) in [5.41, 5.74) is 2.58. The topological polar surface area (TPSA) is 46.2 Å². The Morgan fingerprint density at radius 2 is 0.900 bits per heavy atom. The van der Waals surface area contributed by atoms with Crippen LogP contribution >= 0.6 is 15.9 Å². The second-order valence-corrected chi connectivity index (χ2v) is 10.2. The van der Waals surface area contributed by atoms with E-state index in [9.17, 15) is 0 Å². The molecular formula is C34H35BrO5. The normalized spacial score (nSPS) is 27.3. The fraction of sp³-hybridized carbons (Fsp3) is 0.294. The molecule has 6 heteroatoms. The summed E-state index contributed by atoms with van der Waals surface area (Å²) in [6, 6.07) is 36.6. The summed E-state index contributed by atoms with van der Waals surface area (Å²) < 4.78 is 66.4. The van der Waals surface area contributed by atoms with E-state index in [0.717, 1.165) is 0 Å². The zero-order valence-corrected chi connectivity index (χ0v) is 23.5. The molecule has 1 heterocycles. The second-order valence-electron chi connectivity index (χ2n) is 9.28. The molecule has 9 atom stereocenters. The first-order valence-electron chi connectivity index (χ1n) is 15.5. The van der Waals surface area contributed by atoms with Gasteiger partial charge in [0.05, 0.1) is 38.4 Å². The van der Waals surface area contributed by atoms with Crippen molar-refractivity contribution in [2.45, 2.75) is 55.8 Å². The Balaban J connectivity index is 1.46. The number of ether oxygens (including phenoxy) is 5. The van der Waals surface area contributed by atoms with Crippen molar-refractivity contribution in [1.82, 2.24) is 0 Å². The molecule has 1 saturated heterocycles. The lowest BCUT2D eigenvalue weighted by Gasteiger charge is -2.44. The molecule has 0 radical (unpaired) electrons. The minimum Gasteiger partial charge on any atom is -0.374 e. The third kappa shape index (κ3) is 8.33. The summed E-state index contributed by atoms with van der Waals surface area (Å²) in [5, 5.41) is -0.776. The fourth-order valence-electron chi connectivity index (χ4n) is 4.30. The molecule has 208 valence electrons. The smallest absolute Gasteiger partial charge is 0.141 e. The van der Waals surface area contributed by atoms with Crippen molar-refractivity contribution >= 4 is 15.9 Å². The quantitative estimate of drug-likeness (QED) is 0.152. The van der Waals surface area contributed by atoms with E-state index in [1.54, 1.807) is 36.4 Å². The van der Waals surface area contributed by atoms with Gasteiger partial charge in [-0.05, 0) is 22.3 Å². The number of hydrogen-bond donors (Lipinski definition) is 0. The van der Waals surface area contributed by atoms with Gasteiger partial charge in [0.1, 0.15) is 29.4 Å². The Morgan fingerprint density at radius 3 is 1.35 bits per heavy atom. The van der Waals surface area contributed by atoms with Crippen LogP contribution in [0.1, 0.15) is 27.7 Å². The summed E-state index contributed by atoms with van der Waals surface area (Å²) in [5.74, 6) is 0. The lowest BCUT2D eigenvalue weighted by molar-refractivity contribution is -0.253. The highest BCUT2D eigenvalue weighted by molar-refractivity contribution is 9.09. The molecule has 40 heavy (non-hydrogen) atoms. The van der Waals surface area contributed by atoms with Crippen LogP contribution < -0.4 is 0 Å². The number of alkyl halides is 1. The third-order valence-electron chi connectivity index (χ3n) is 6.34. The summed E-state index contributed by atoms with van der Waals surface area (Å²) in [6.45, 7) is -4.35. The Bertz CT molecular complexity index is 1390. The maximum absolute atomic E-state index is 8.89. The van der Waals surface area contributed by atoms with Gasteiger partial charge in [0.15, 0.2) is 0 Å². The van der Waals surface area contributed by atoms with Crippen molar-refractivity contribution in [2.75, 3.05) is 6.61 Å². The largest absolute Gasteiger partial charge is 0.374 e. The highest BCUT2D eigenvalue weighted by atomic mass is 79.9. The van der Waals surface area contributed by atoms with Gasteiger partial charge >= 0.3 is 0 Å². The monoisotopic (exact) mass is 606 g/mol. The molecule has 5 nitrogen and oxygen atoms in total. The zero-order chi connectivity index (χ0) is 30.9. The van der Waals surface area contributed by atoms with Gasteiger partial charge in [-0.1, -0.05) is 137 Å². The standard InChI is InChI=1S/C34H35BrO5/c35-34-33(39-24-29-19-11-4-12-20-29)32(38-23-28-17-9-3-10-18-28)31(37-22-27-15-7-2-8-16-27)30(40-34)25-36-21-26-13-5-1-6-14-26/h1-20,30-34H,21-25H2/t30-,31-,32+,33+,34+/m1/s1/i21D,22D,23D,24D/t21?,22?,23?,24?,30-,31-,32+,33+,34+. The van der Waals surface area contributed by atoms with Gasteiger partial charge in [-0.25, -0.2) is 0 Å². The SMILES string of the molecule is [2H]C(OC[C@H]1O[C@H](Br)[C@@H](OC([2H])c2ccccc2)[C@@H](OC([2H])c2ccccc2)[C@@H]1OC([2H])c1ccccc1)c1ccccc1. The van der Waals surface area contributed by atoms with Gasteiger partial charge in [0.25, 0.3) is 0 Å². The molecule has 1 fully saturated rings. The zero-order valence-electron chi connectivity index (χ0n) is 25.9. The number of halogens is 1. The van der Waals surface area contributed by atoms with E-state index < -0.39 is 55.8 Å². The predicted molar refractivity (Wildman–Crippen MR) is 159 cm³/mol. The van der Waals surface area contributed by atoms with Gasteiger partial charge < -0.3 is 23.7 Å². The van der Waals surface area contributed by atoms with Crippen molar-refractivity contribution < 1.29 is 29.2 Å². The van der Waals surface area contributed by atoms with Crippen molar-refractivity contribution in [1.29, 1.82) is 0 Å². The molecule has 0 N–H and O–H groups in total. The Morgan fingerprint density at radius 1 is 0.525 bits per heavy atom. The highest BCUT2D eigenvalue weighted by Crippen LogP contribution is 2.33. The molecule has 1 aliphatic rings. The van der Waals surface area contributed by atoms with Crippen LogP contribution in [0.5, 0.6) is 0 Å². The van der Waals surface area contributed by atoms with Gasteiger partial charge in [0, 0.05) is 0 Å². The summed E-state index contributed by atoms with van der Waals surface area (Å²) >= 11 is 3.60. The van der Waals surface area contributed by atoms with Gasteiger partial charge in [-0.3, -0.25) is 0 Å². The molecule has 0 aromatic heterocycles. The van der Waals surface area contributed by atoms with E-state index in [4.69, 9.17) is 29.2 Å². The molecule has 0 aliphatic carbocycles. The molecule has 0 amide bonds. The van der Waals surface area contributed by atoms with Crippen LogP contribution in [0.2, 0.25) is 0 Å². The summed E-state index contributed by atoms with van der Waals surface area (Å²) in [4.78, 5) is 0. The molecule has 0 spiro atoms. The Kier molecular flexibility index (Phi) is 9.08. The van der Waals surface area contributed by atoms with Crippen molar-refractivity contribution in [3.63, 3.8) is 0 Å². The van der Waals surface area contributed by atoms with Crippen molar-refractivity contribution in [3.8, 4) is 0 Å². The molecule has 5 rings (SSSR count). The third-order valence-corrected chi connectivity index (χ3v) is 7.08. The average molecular weight is 608 g/mol. The van der Waals surface area contributed by atoms with E-state index in [1.165, 1.54) is 0 Å². The average Bonchev–Trinajstić information content (AvgIpc) is 3.07. The van der Waals surface area contributed by atoms with E-state index in [-0.39, 0.29) is 6.61 Å². The predicted octanol–water partition coefficient (Wildman–Crippen LogP) is 7.08. The van der Waals surface area contributed by atoms with Crippen molar-refractivity contribution in [2.24, 2.45) is 0 Å². The van der Waals surface area contributed by atoms with Crippen LogP contribution in [-0.2, 0) is 50.0 Å². The molecule has 4 aromatic carbocycles. The number of hydrogen-bond acceptors (Lipinski definition) is 5. The molecule has 1 aliphatic heterocycles. The Hall–Kier alpha value is -2.84. The summed E-state index contributed by atoms with van der Waals surface area (Å²) in [7, 11) is 0. The fourth-order valence-corrected chi connectivity index (χ4v) is 5.00. The maximum Gasteiger partial charge on any atom is 0.141 e. The molecule has 4 unspecified atom stereocenters. The van der Waals surface area contributed by atoms with Gasteiger partial charge in [-0.2, -0.15) is 0 Å². The first-order chi connectivity index (χ1) is 21.4. The van der Waals surface area contributed by atoms with Gasteiger partial charge in [-0.15, -0.1) is 0 Å². The van der Waals surface area contributed by atoms with Crippen LogP contribution in [0.4, 0.5) is 0 Å². The molecular weight excluding hydrogens is 568 g/mol. The van der Waals surface area contributed by atoms with Crippen molar-refractivity contribution in [3.05, 3.63) is 144 Å². The number of benzene rings is 4. The van der Waals surface area contributed by atoms with Crippen LogP contribution in [-0.4, -0.2) is 36.0 Å². The van der Waals surface area contributed by atoms with E-state index >= 15 is 0 Å². The minimum atomic E-state index is -1.12. The first kappa shape index (κ1) is 23.8. The van der Waals surface area contributed by atoms with Gasteiger partial charge in [0.2, 0.25) is 0 Å². The van der Waals surface area contributed by atoms with Crippen LogP contribution in [0, 0.1) is 0 Å². The van der Waals surface area contributed by atoms with E-state index in [1.807, 2.05) is 84.9 Å². The lowest BCUT2D eigenvalue weighted by Crippen LogP contribution is -2.59. The summed E-state index contributed by atoms with van der Waals surface area (Å²) in [6.07, 6.45) is -3.63. The maximum atomic E-state index is 8.89. The first-order valence-corrected chi connectivity index (χ1v) is 14.1. The van der Waals surface area contributed by atoms with E-state index in [0.29, 0.717) is 22.3 Å². The lowest BCUT2D eigenvalue weighted by atomic mass is 9.99. The van der Waals surface area contributed by atoms with Crippen LogP contribution in [0.3, 0.4) is 0 Å². The van der Waals surface area contributed by atoms with Crippen LogP contribution in [0.25, 0.3) is 0 Å². The highest BCUT2D eigenvalue weighted by Gasteiger charge is 2.47. The second kappa shape index (κ2) is 15.2. The number of rotatable bonds is 13. The molecule has 0 bridgehead atoms. The van der Waals surface area contributed by atoms with Crippen LogP contribution in [0.15, 0.2) is 121 Å². The molecule has 0 saturated carbocycles.